The van der Waals surface area contributed by atoms with E-state index in [1.54, 1.807) is 6.26 Å². The molecule has 2 aliphatic rings. The van der Waals surface area contributed by atoms with Crippen molar-refractivity contribution in [1.82, 2.24) is 0 Å². The summed E-state index contributed by atoms with van der Waals surface area (Å²) >= 11 is 0. The highest BCUT2D eigenvalue weighted by atomic mass is 28.4. The Hall–Kier alpha value is -1.31. The lowest BCUT2D eigenvalue weighted by atomic mass is 10.1. The van der Waals surface area contributed by atoms with Crippen LogP contribution < -0.4 is 0 Å². The van der Waals surface area contributed by atoms with Crippen molar-refractivity contribution in [2.75, 3.05) is 6.61 Å². The van der Waals surface area contributed by atoms with Crippen molar-refractivity contribution < 1.29 is 27.9 Å². The number of hydrogen-bond donors (Lipinski definition) is 0. The number of allylic oxidation sites excluding steroid dienone is 1. The van der Waals surface area contributed by atoms with Gasteiger partial charge in [0, 0.05) is 16.5 Å². The average Bonchev–Trinajstić information content (AvgIpc) is 2.56. The van der Waals surface area contributed by atoms with Crippen LogP contribution in [-0.4, -0.2) is 45.1 Å². The number of fused-ring (bicyclic) bond motifs is 1. The van der Waals surface area contributed by atoms with Crippen molar-refractivity contribution in [2.45, 2.75) is 109 Å². The highest BCUT2D eigenvalue weighted by Crippen LogP contribution is 2.54. The minimum Gasteiger partial charge on any atom is -0.493 e. The van der Waals surface area contributed by atoms with Crippen LogP contribution in [0.4, 0.5) is 0 Å². The molecule has 0 amide bonds. The maximum absolute atomic E-state index is 12.0. The fourth-order valence-corrected chi connectivity index (χ4v) is 9.19. The Balaban J connectivity index is 2.09. The molecule has 0 bridgehead atoms. The fourth-order valence-electron chi connectivity index (χ4n) is 4.23. The summed E-state index contributed by atoms with van der Waals surface area (Å²) in [5.74, 6) is 0.270. The summed E-state index contributed by atoms with van der Waals surface area (Å²) in [5, 5.41) is -0.259. The van der Waals surface area contributed by atoms with Gasteiger partial charge in [-0.2, -0.15) is 0 Å². The zero-order chi connectivity index (χ0) is 23.0. The zero-order valence-electron chi connectivity index (χ0n) is 20.2. The fraction of sp³-hybridized carbons (Fsp3) is 0.783. The van der Waals surface area contributed by atoms with Crippen LogP contribution in [0.5, 0.6) is 0 Å². The van der Waals surface area contributed by atoms with E-state index in [1.165, 1.54) is 0 Å². The number of esters is 1. The van der Waals surface area contributed by atoms with Crippen LogP contribution in [0.3, 0.4) is 0 Å². The van der Waals surface area contributed by atoms with Gasteiger partial charge in [-0.3, -0.25) is 4.79 Å². The van der Waals surface area contributed by atoms with E-state index in [0.717, 1.165) is 0 Å². The van der Waals surface area contributed by atoms with Gasteiger partial charge in [-0.1, -0.05) is 48.1 Å². The molecule has 0 aliphatic carbocycles. The molecular weight excluding hydrogens is 400 g/mol. The Morgan fingerprint density at radius 3 is 2.20 bits per heavy atom. The van der Waals surface area contributed by atoms with E-state index in [4.69, 9.17) is 23.1 Å². The minimum absolute atomic E-state index is 0.129. The van der Waals surface area contributed by atoms with E-state index in [9.17, 15) is 4.79 Å². The summed E-state index contributed by atoms with van der Waals surface area (Å²) in [7, 11) is -2.65. The van der Waals surface area contributed by atoms with E-state index in [-0.39, 0.29) is 40.8 Å². The molecule has 0 saturated carbocycles. The molecule has 2 rings (SSSR count). The molecule has 0 aromatic carbocycles. The summed E-state index contributed by atoms with van der Waals surface area (Å²) in [6.45, 7) is 23.1. The van der Waals surface area contributed by atoms with Crippen LogP contribution in [0.1, 0.15) is 75.2 Å². The number of ether oxygens (including phenoxy) is 3. The van der Waals surface area contributed by atoms with E-state index in [0.29, 0.717) is 18.8 Å². The highest BCUT2D eigenvalue weighted by molar-refractivity contribution is 6.73. The smallest absolute Gasteiger partial charge is 0.349 e. The van der Waals surface area contributed by atoms with Crippen molar-refractivity contribution >= 4 is 14.5 Å². The normalized spacial score (nSPS) is 26.4. The first-order valence-electron chi connectivity index (χ1n) is 10.8. The second-order valence-corrected chi connectivity index (χ2v) is 16.0. The van der Waals surface area contributed by atoms with Crippen molar-refractivity contribution in [3.63, 3.8) is 0 Å². The van der Waals surface area contributed by atoms with Gasteiger partial charge in [0.2, 0.25) is 0 Å². The van der Waals surface area contributed by atoms with E-state index >= 15 is 0 Å². The second kappa shape index (κ2) is 8.67. The lowest BCUT2D eigenvalue weighted by Gasteiger charge is -2.55. The first kappa shape index (κ1) is 25.0. The maximum atomic E-state index is 12.0. The molecule has 0 radical (unpaired) electrons. The van der Waals surface area contributed by atoms with Crippen LogP contribution in [0.2, 0.25) is 10.1 Å². The van der Waals surface area contributed by atoms with Gasteiger partial charge < -0.3 is 23.1 Å². The number of hydrogen-bond acceptors (Lipinski definition) is 6. The first-order valence-corrected chi connectivity index (χ1v) is 12.6. The van der Waals surface area contributed by atoms with Crippen LogP contribution >= 0.6 is 0 Å². The summed E-state index contributed by atoms with van der Waals surface area (Å²) in [6, 6.07) is 0. The Morgan fingerprint density at radius 2 is 1.67 bits per heavy atom. The van der Waals surface area contributed by atoms with Gasteiger partial charge in [0.05, 0.1) is 25.0 Å². The van der Waals surface area contributed by atoms with Crippen molar-refractivity contribution in [2.24, 2.45) is 0 Å². The third kappa shape index (κ3) is 5.68. The van der Waals surface area contributed by atoms with Crippen LogP contribution in [0, 0.1) is 0 Å². The molecule has 2 aliphatic heterocycles. The van der Waals surface area contributed by atoms with E-state index < -0.39 is 14.2 Å². The maximum Gasteiger partial charge on any atom is 0.349 e. The summed E-state index contributed by atoms with van der Waals surface area (Å²) in [6.07, 6.45) is 3.27. The third-order valence-electron chi connectivity index (χ3n) is 5.27. The van der Waals surface area contributed by atoms with Gasteiger partial charge in [0.25, 0.3) is 0 Å². The molecule has 172 valence electrons. The summed E-state index contributed by atoms with van der Waals surface area (Å²) in [4.78, 5) is 12.0. The average molecular weight is 441 g/mol. The number of carbonyl (C=O) groups is 1. The molecule has 6 nitrogen and oxygen atoms in total. The predicted octanol–water partition coefficient (Wildman–Crippen LogP) is 5.38. The Bertz CT molecular complexity index is 651. The van der Waals surface area contributed by atoms with Gasteiger partial charge in [0.15, 0.2) is 0 Å². The van der Waals surface area contributed by atoms with Crippen LogP contribution in [0.15, 0.2) is 24.7 Å². The van der Waals surface area contributed by atoms with Gasteiger partial charge in [-0.15, -0.1) is 0 Å². The van der Waals surface area contributed by atoms with E-state index in [2.05, 4.69) is 48.1 Å². The SMILES string of the molecule is C=C(CCC(=O)OC(C)(C)C)O[C@@H]1C=CO[C@@H]2CO[Si](C(C)(C)C)(C(C)(C)C)O[C@@H]12. The molecular formula is C23H40O6Si. The quantitative estimate of drug-likeness (QED) is 0.325. The monoisotopic (exact) mass is 440 g/mol. The zero-order valence-corrected chi connectivity index (χ0v) is 21.2. The van der Waals surface area contributed by atoms with Gasteiger partial charge in [-0.25, -0.2) is 0 Å². The predicted molar refractivity (Wildman–Crippen MR) is 119 cm³/mol. The first-order chi connectivity index (χ1) is 13.6. The van der Waals surface area contributed by atoms with Gasteiger partial charge in [0.1, 0.15) is 23.9 Å². The topological polar surface area (TPSA) is 63.2 Å². The Morgan fingerprint density at radius 1 is 1.07 bits per heavy atom. The van der Waals surface area contributed by atoms with Crippen molar-refractivity contribution in [3.8, 4) is 0 Å². The molecule has 0 aromatic rings. The Labute approximate surface area is 183 Å². The Kier molecular flexibility index (Phi) is 7.21. The summed E-state index contributed by atoms with van der Waals surface area (Å²) < 4.78 is 30.5. The number of carbonyl (C=O) groups excluding carboxylic acids is 1. The largest absolute Gasteiger partial charge is 0.493 e. The molecule has 1 fully saturated rings. The molecule has 0 spiro atoms. The molecule has 2 heterocycles. The highest BCUT2D eigenvalue weighted by Gasteiger charge is 2.63. The molecule has 1 saturated heterocycles. The van der Waals surface area contributed by atoms with Gasteiger partial charge in [-0.05, 0) is 26.8 Å². The molecule has 30 heavy (non-hydrogen) atoms. The lowest BCUT2D eigenvalue weighted by Crippen LogP contribution is -2.67. The summed E-state index contributed by atoms with van der Waals surface area (Å²) in [5.41, 5.74) is -0.500. The lowest BCUT2D eigenvalue weighted by molar-refractivity contribution is -0.155. The molecule has 0 aromatic heterocycles. The van der Waals surface area contributed by atoms with Gasteiger partial charge >= 0.3 is 14.5 Å². The van der Waals surface area contributed by atoms with E-state index in [1.807, 2.05) is 26.8 Å². The van der Waals surface area contributed by atoms with Crippen LogP contribution in [-0.2, 0) is 27.9 Å². The van der Waals surface area contributed by atoms with Crippen LogP contribution in [0.25, 0.3) is 0 Å². The molecule has 3 atom stereocenters. The number of rotatable bonds is 5. The molecule has 7 heteroatoms. The third-order valence-corrected chi connectivity index (χ3v) is 10.4. The minimum atomic E-state index is -2.65. The standard InChI is InChI=1S/C23H40O6Si/c1-16(11-12-19(24)28-21(2,3)4)27-17-13-14-25-18-15-26-30(22(5,6)7,23(8,9)10)29-20(17)18/h13-14,17-18,20H,1,11-12,15H2,2-10H3/t17-,18-,20+/m1/s1. The molecule has 0 unspecified atom stereocenters. The second-order valence-electron chi connectivity index (χ2n) is 11.2. The van der Waals surface area contributed by atoms with Crippen molar-refractivity contribution in [3.05, 3.63) is 24.7 Å². The molecule has 0 N–H and O–H groups in total. The van der Waals surface area contributed by atoms with Crippen molar-refractivity contribution in [1.29, 1.82) is 0 Å².